The van der Waals surface area contributed by atoms with Crippen molar-refractivity contribution in [2.45, 2.75) is 71.5 Å². The molecule has 0 aromatic heterocycles. The lowest BCUT2D eigenvalue weighted by atomic mass is 9.90. The first-order chi connectivity index (χ1) is 10.8. The molecule has 1 aromatic rings. The van der Waals surface area contributed by atoms with Gasteiger partial charge >= 0.3 is 0 Å². The highest BCUT2D eigenvalue weighted by Crippen LogP contribution is 2.39. The number of phenols is 1. The third kappa shape index (κ3) is 5.38. The number of rotatable bonds is 6. The van der Waals surface area contributed by atoms with E-state index in [4.69, 9.17) is 4.74 Å². The lowest BCUT2D eigenvalue weighted by Gasteiger charge is -2.34. The van der Waals surface area contributed by atoms with E-state index in [-0.39, 0.29) is 23.8 Å². The average Bonchev–Trinajstić information content (AvgIpc) is 2.43. The van der Waals surface area contributed by atoms with Crippen LogP contribution >= 0.6 is 12.4 Å². The fraction of sp³-hybridized carbons (Fsp3) is 0.632. The van der Waals surface area contributed by atoms with Gasteiger partial charge in [0.15, 0.2) is 0 Å². The summed E-state index contributed by atoms with van der Waals surface area (Å²) in [4.78, 5) is 4.51. The van der Waals surface area contributed by atoms with Crippen molar-refractivity contribution in [1.82, 2.24) is 0 Å². The molecule has 0 saturated heterocycles. The zero-order valence-electron chi connectivity index (χ0n) is 15.1. The van der Waals surface area contributed by atoms with Crippen LogP contribution in [0.1, 0.15) is 64.5 Å². The standard InChI is InChI=1S/C19H29NO3.ClH/c1-5-6-7-8-14-9-16(22)18-15(20-12-13(2)21)11-19(3,4)23-17(18)10-14;/h9-10,13,21-22H,5-8,11-12H2,1-4H3;1H/t13-;/m1./s1. The van der Waals surface area contributed by atoms with Crippen molar-refractivity contribution in [3.8, 4) is 11.5 Å². The van der Waals surface area contributed by atoms with Gasteiger partial charge in [0.1, 0.15) is 17.1 Å². The van der Waals surface area contributed by atoms with Crippen LogP contribution in [0, 0.1) is 0 Å². The molecule has 0 bridgehead atoms. The summed E-state index contributed by atoms with van der Waals surface area (Å²) < 4.78 is 6.08. The lowest BCUT2D eigenvalue weighted by molar-refractivity contribution is 0.110. The number of ether oxygens (including phenoxy) is 1. The number of aliphatic hydroxyl groups excluding tert-OH is 1. The highest BCUT2D eigenvalue weighted by molar-refractivity contribution is 6.06. The van der Waals surface area contributed by atoms with Gasteiger partial charge in [-0.1, -0.05) is 19.8 Å². The molecule has 2 rings (SSSR count). The Kier molecular flexibility index (Phi) is 7.56. The quantitative estimate of drug-likeness (QED) is 0.749. The first-order valence-electron chi connectivity index (χ1n) is 8.59. The maximum Gasteiger partial charge on any atom is 0.133 e. The molecule has 1 atom stereocenters. The molecule has 2 N–H and O–H groups in total. The van der Waals surface area contributed by atoms with E-state index in [2.05, 4.69) is 11.9 Å². The van der Waals surface area contributed by atoms with Crippen LogP contribution in [-0.2, 0) is 6.42 Å². The van der Waals surface area contributed by atoms with Crippen LogP contribution in [0.25, 0.3) is 0 Å². The number of nitrogens with zero attached hydrogens (tertiary/aromatic N) is 1. The highest BCUT2D eigenvalue weighted by atomic mass is 35.5. The predicted octanol–water partition coefficient (Wildman–Crippen LogP) is 4.28. The van der Waals surface area contributed by atoms with E-state index in [1.54, 1.807) is 6.92 Å². The zero-order chi connectivity index (χ0) is 17.0. The third-order valence-electron chi connectivity index (χ3n) is 4.02. The van der Waals surface area contributed by atoms with Gasteiger partial charge in [-0.3, -0.25) is 4.99 Å². The van der Waals surface area contributed by atoms with E-state index in [0.29, 0.717) is 24.3 Å². The second-order valence-electron chi connectivity index (χ2n) is 7.12. The number of unbranched alkanes of at least 4 members (excludes halogenated alkanes) is 2. The number of hydrogen-bond donors (Lipinski definition) is 2. The molecule has 0 spiro atoms. The Morgan fingerprint density at radius 3 is 2.62 bits per heavy atom. The van der Waals surface area contributed by atoms with Gasteiger partial charge in [0, 0.05) is 6.42 Å². The first kappa shape index (κ1) is 20.8. The molecule has 1 heterocycles. The van der Waals surface area contributed by atoms with Gasteiger partial charge in [-0.2, -0.15) is 0 Å². The number of phenolic OH excluding ortho intramolecular Hbond substituents is 1. The van der Waals surface area contributed by atoms with E-state index in [9.17, 15) is 10.2 Å². The molecule has 136 valence electrons. The van der Waals surface area contributed by atoms with Crippen LogP contribution in [0.4, 0.5) is 0 Å². The Bertz CT molecular complexity index is 582. The molecular weight excluding hydrogens is 326 g/mol. The maximum absolute atomic E-state index is 10.5. The monoisotopic (exact) mass is 355 g/mol. The summed E-state index contributed by atoms with van der Waals surface area (Å²) in [6, 6.07) is 3.86. The molecule has 0 saturated carbocycles. The topological polar surface area (TPSA) is 62.0 Å². The van der Waals surface area contributed by atoms with E-state index in [1.807, 2.05) is 26.0 Å². The number of aliphatic imine (C=N–C) groups is 1. The van der Waals surface area contributed by atoms with Crippen molar-refractivity contribution in [2.75, 3.05) is 6.54 Å². The van der Waals surface area contributed by atoms with E-state index in [1.165, 1.54) is 12.8 Å². The molecule has 5 heteroatoms. The van der Waals surface area contributed by atoms with Crippen molar-refractivity contribution in [1.29, 1.82) is 0 Å². The molecule has 0 unspecified atom stereocenters. The number of fused-ring (bicyclic) bond motifs is 1. The zero-order valence-corrected chi connectivity index (χ0v) is 15.9. The molecule has 1 aliphatic heterocycles. The van der Waals surface area contributed by atoms with Gasteiger partial charge in [0.25, 0.3) is 0 Å². The molecular formula is C19H30ClNO3. The number of aryl methyl sites for hydroxylation is 1. The number of hydrogen-bond acceptors (Lipinski definition) is 4. The molecule has 0 amide bonds. The second kappa shape index (κ2) is 8.72. The molecule has 1 aromatic carbocycles. The maximum atomic E-state index is 10.5. The predicted molar refractivity (Wildman–Crippen MR) is 101 cm³/mol. The normalized spacial score (nSPS) is 18.5. The Morgan fingerprint density at radius 2 is 2.00 bits per heavy atom. The van der Waals surface area contributed by atoms with Crippen molar-refractivity contribution in [2.24, 2.45) is 4.99 Å². The van der Waals surface area contributed by atoms with Crippen molar-refractivity contribution in [3.63, 3.8) is 0 Å². The SMILES string of the molecule is CCCCCc1cc(O)c2c(c1)OC(C)(C)CC2=NC[C@@H](C)O.Cl. The smallest absolute Gasteiger partial charge is 0.133 e. The van der Waals surface area contributed by atoms with Crippen LogP contribution in [0.3, 0.4) is 0 Å². The Hall–Kier alpha value is -1.26. The lowest BCUT2D eigenvalue weighted by Crippen LogP contribution is -2.36. The third-order valence-corrected chi connectivity index (χ3v) is 4.02. The summed E-state index contributed by atoms with van der Waals surface area (Å²) in [5.74, 6) is 0.936. The number of aromatic hydroxyl groups is 1. The van der Waals surface area contributed by atoms with E-state index < -0.39 is 6.10 Å². The van der Waals surface area contributed by atoms with Crippen molar-refractivity contribution < 1.29 is 14.9 Å². The molecule has 0 aliphatic carbocycles. The fourth-order valence-electron chi connectivity index (χ4n) is 2.95. The van der Waals surface area contributed by atoms with Gasteiger partial charge < -0.3 is 14.9 Å². The van der Waals surface area contributed by atoms with Crippen LogP contribution in [-0.4, -0.2) is 34.2 Å². The van der Waals surface area contributed by atoms with Crippen LogP contribution < -0.4 is 4.74 Å². The van der Waals surface area contributed by atoms with Gasteiger partial charge in [-0.05, 0) is 51.3 Å². The Labute approximate surface area is 151 Å². The molecule has 4 nitrogen and oxygen atoms in total. The number of aliphatic hydroxyl groups is 1. The summed E-state index contributed by atoms with van der Waals surface area (Å²) in [5, 5.41) is 20.0. The largest absolute Gasteiger partial charge is 0.507 e. The number of benzene rings is 1. The van der Waals surface area contributed by atoms with Gasteiger partial charge in [-0.25, -0.2) is 0 Å². The van der Waals surface area contributed by atoms with Crippen LogP contribution in [0.5, 0.6) is 11.5 Å². The molecule has 0 fully saturated rings. The van der Waals surface area contributed by atoms with Crippen LogP contribution in [0.2, 0.25) is 0 Å². The number of halogens is 1. The molecule has 0 radical (unpaired) electrons. The summed E-state index contributed by atoms with van der Waals surface area (Å²) >= 11 is 0. The minimum Gasteiger partial charge on any atom is -0.507 e. The average molecular weight is 356 g/mol. The van der Waals surface area contributed by atoms with Crippen molar-refractivity contribution >= 4 is 18.1 Å². The molecule has 1 aliphatic rings. The first-order valence-corrected chi connectivity index (χ1v) is 8.59. The summed E-state index contributed by atoms with van der Waals surface area (Å²) in [6.07, 6.45) is 4.55. The minimum atomic E-state index is -0.493. The fourth-order valence-corrected chi connectivity index (χ4v) is 2.95. The molecule has 24 heavy (non-hydrogen) atoms. The van der Waals surface area contributed by atoms with E-state index >= 15 is 0 Å². The Morgan fingerprint density at radius 1 is 1.29 bits per heavy atom. The summed E-state index contributed by atoms with van der Waals surface area (Å²) in [5.41, 5.74) is 2.24. The van der Waals surface area contributed by atoms with Crippen molar-refractivity contribution in [3.05, 3.63) is 23.3 Å². The Balaban J connectivity index is 0.00000288. The summed E-state index contributed by atoms with van der Waals surface area (Å²) in [7, 11) is 0. The van der Waals surface area contributed by atoms with Gasteiger partial charge in [0.05, 0.1) is 23.9 Å². The van der Waals surface area contributed by atoms with Crippen LogP contribution in [0.15, 0.2) is 17.1 Å². The highest BCUT2D eigenvalue weighted by Gasteiger charge is 2.33. The second-order valence-corrected chi connectivity index (χ2v) is 7.12. The van der Waals surface area contributed by atoms with Gasteiger partial charge in [-0.15, -0.1) is 12.4 Å². The summed E-state index contributed by atoms with van der Waals surface area (Å²) in [6.45, 7) is 8.28. The minimum absolute atomic E-state index is 0. The van der Waals surface area contributed by atoms with Gasteiger partial charge in [0.2, 0.25) is 0 Å². The van der Waals surface area contributed by atoms with E-state index in [0.717, 1.165) is 24.1 Å².